The molecule has 110 valence electrons. The second-order valence-corrected chi connectivity index (χ2v) is 6.06. The highest BCUT2D eigenvalue weighted by Gasteiger charge is 2.18. The Hall–Kier alpha value is -1.40. The standard InChI is InChI=1S/C14H21N3O2S/c1-10(17-14(19)12-3-2-8-20-12)13(18)16-7-5-11-4-6-15-9-11/h2-3,8,10-11,15H,4-7,9H2,1H3,(H,16,18)(H,17,19). The lowest BCUT2D eigenvalue weighted by Crippen LogP contribution is -2.45. The largest absolute Gasteiger partial charge is 0.354 e. The minimum absolute atomic E-state index is 0.124. The molecule has 0 radical (unpaired) electrons. The van der Waals surface area contributed by atoms with Gasteiger partial charge in [0.05, 0.1) is 4.88 Å². The van der Waals surface area contributed by atoms with Crippen LogP contribution in [0.2, 0.25) is 0 Å². The van der Waals surface area contributed by atoms with Crippen LogP contribution in [0.3, 0.4) is 0 Å². The van der Waals surface area contributed by atoms with Crippen LogP contribution in [0.25, 0.3) is 0 Å². The minimum atomic E-state index is -0.508. The Morgan fingerprint density at radius 3 is 3.05 bits per heavy atom. The van der Waals surface area contributed by atoms with E-state index in [4.69, 9.17) is 0 Å². The smallest absolute Gasteiger partial charge is 0.261 e. The molecule has 0 aromatic carbocycles. The van der Waals surface area contributed by atoms with Gasteiger partial charge in [-0.3, -0.25) is 9.59 Å². The summed E-state index contributed by atoms with van der Waals surface area (Å²) in [5, 5.41) is 10.7. The van der Waals surface area contributed by atoms with Gasteiger partial charge in [-0.25, -0.2) is 0 Å². The molecule has 0 spiro atoms. The molecule has 0 aliphatic carbocycles. The molecule has 2 atom stereocenters. The first-order chi connectivity index (χ1) is 9.66. The van der Waals surface area contributed by atoms with Gasteiger partial charge < -0.3 is 16.0 Å². The van der Waals surface area contributed by atoms with Crippen LogP contribution in [0.15, 0.2) is 17.5 Å². The normalized spacial score (nSPS) is 19.6. The molecule has 3 N–H and O–H groups in total. The number of thiophene rings is 1. The van der Waals surface area contributed by atoms with E-state index in [1.165, 1.54) is 17.8 Å². The highest BCUT2D eigenvalue weighted by Crippen LogP contribution is 2.11. The van der Waals surface area contributed by atoms with E-state index >= 15 is 0 Å². The molecule has 1 fully saturated rings. The molecule has 1 aromatic rings. The van der Waals surface area contributed by atoms with Crippen LogP contribution in [0, 0.1) is 5.92 Å². The van der Waals surface area contributed by atoms with Crippen LogP contribution in [-0.4, -0.2) is 37.5 Å². The van der Waals surface area contributed by atoms with E-state index in [0.29, 0.717) is 17.3 Å². The second-order valence-electron chi connectivity index (χ2n) is 5.11. The number of carbonyl (C=O) groups excluding carboxylic acids is 2. The predicted molar refractivity (Wildman–Crippen MR) is 79.9 cm³/mol. The summed E-state index contributed by atoms with van der Waals surface area (Å²) in [7, 11) is 0. The summed E-state index contributed by atoms with van der Waals surface area (Å²) in [5.74, 6) is 0.342. The summed E-state index contributed by atoms with van der Waals surface area (Å²) in [6.07, 6.45) is 2.17. The summed E-state index contributed by atoms with van der Waals surface area (Å²) in [6, 6.07) is 3.06. The maximum atomic E-state index is 11.9. The van der Waals surface area contributed by atoms with Crippen molar-refractivity contribution in [2.24, 2.45) is 5.92 Å². The number of rotatable bonds is 6. The zero-order valence-corrected chi connectivity index (χ0v) is 12.5. The number of nitrogens with one attached hydrogen (secondary N) is 3. The van der Waals surface area contributed by atoms with Gasteiger partial charge >= 0.3 is 0 Å². The molecule has 0 saturated carbocycles. The van der Waals surface area contributed by atoms with Crippen molar-refractivity contribution in [3.05, 3.63) is 22.4 Å². The van der Waals surface area contributed by atoms with Crippen LogP contribution in [-0.2, 0) is 4.79 Å². The lowest BCUT2D eigenvalue weighted by Gasteiger charge is -2.14. The van der Waals surface area contributed by atoms with Crippen molar-refractivity contribution >= 4 is 23.2 Å². The molecule has 1 aliphatic rings. The van der Waals surface area contributed by atoms with Crippen LogP contribution >= 0.6 is 11.3 Å². The van der Waals surface area contributed by atoms with E-state index in [1.807, 2.05) is 11.4 Å². The minimum Gasteiger partial charge on any atom is -0.354 e. The maximum absolute atomic E-state index is 11.9. The molecular formula is C14H21N3O2S. The molecule has 1 saturated heterocycles. The number of hydrogen-bond donors (Lipinski definition) is 3. The molecule has 2 rings (SSSR count). The Kier molecular flexibility index (Phi) is 5.55. The lowest BCUT2D eigenvalue weighted by atomic mass is 10.1. The third-order valence-corrected chi connectivity index (χ3v) is 4.37. The van der Waals surface area contributed by atoms with Crippen LogP contribution in [0.4, 0.5) is 0 Å². The van der Waals surface area contributed by atoms with Gasteiger partial charge in [0.25, 0.3) is 5.91 Å². The van der Waals surface area contributed by atoms with Crippen molar-refractivity contribution in [3.63, 3.8) is 0 Å². The summed E-state index contributed by atoms with van der Waals surface area (Å²) in [4.78, 5) is 24.3. The predicted octanol–water partition coefficient (Wildman–Crippen LogP) is 0.982. The third-order valence-electron chi connectivity index (χ3n) is 3.50. The molecule has 2 heterocycles. The first kappa shape index (κ1) is 15.0. The van der Waals surface area contributed by atoms with Gasteiger partial charge in [-0.1, -0.05) is 6.07 Å². The molecular weight excluding hydrogens is 274 g/mol. The van der Waals surface area contributed by atoms with Crippen LogP contribution in [0.1, 0.15) is 29.4 Å². The fourth-order valence-electron chi connectivity index (χ4n) is 2.25. The Bertz CT molecular complexity index is 441. The zero-order valence-electron chi connectivity index (χ0n) is 11.6. The van der Waals surface area contributed by atoms with Crippen molar-refractivity contribution in [1.29, 1.82) is 0 Å². The quantitative estimate of drug-likeness (QED) is 0.733. The van der Waals surface area contributed by atoms with E-state index in [-0.39, 0.29) is 11.8 Å². The van der Waals surface area contributed by atoms with Crippen molar-refractivity contribution in [2.45, 2.75) is 25.8 Å². The van der Waals surface area contributed by atoms with Crippen molar-refractivity contribution in [2.75, 3.05) is 19.6 Å². The summed E-state index contributed by atoms with van der Waals surface area (Å²) >= 11 is 1.37. The molecule has 1 aliphatic heterocycles. The van der Waals surface area contributed by atoms with E-state index in [1.54, 1.807) is 13.0 Å². The number of hydrogen-bond acceptors (Lipinski definition) is 4. The topological polar surface area (TPSA) is 70.2 Å². The average molecular weight is 295 g/mol. The van der Waals surface area contributed by atoms with Crippen molar-refractivity contribution < 1.29 is 9.59 Å². The fraction of sp³-hybridized carbons (Fsp3) is 0.571. The van der Waals surface area contributed by atoms with Gasteiger partial charge in [0.2, 0.25) is 5.91 Å². The molecule has 0 bridgehead atoms. The molecule has 6 heteroatoms. The Balaban J connectivity index is 1.67. The molecule has 5 nitrogen and oxygen atoms in total. The SMILES string of the molecule is CC(NC(=O)c1cccs1)C(=O)NCCC1CCNC1. The number of carbonyl (C=O) groups is 2. The Morgan fingerprint density at radius 2 is 2.40 bits per heavy atom. The van der Waals surface area contributed by atoms with E-state index in [0.717, 1.165) is 19.5 Å². The zero-order chi connectivity index (χ0) is 14.4. The van der Waals surface area contributed by atoms with Gasteiger partial charge in [-0.05, 0) is 50.2 Å². The van der Waals surface area contributed by atoms with Crippen LogP contribution < -0.4 is 16.0 Å². The fourth-order valence-corrected chi connectivity index (χ4v) is 2.88. The molecule has 20 heavy (non-hydrogen) atoms. The third kappa shape index (κ3) is 4.31. The summed E-state index contributed by atoms with van der Waals surface area (Å²) in [6.45, 7) is 4.49. The number of amides is 2. The van der Waals surface area contributed by atoms with Gasteiger partial charge in [0.1, 0.15) is 6.04 Å². The second kappa shape index (κ2) is 7.40. The highest BCUT2D eigenvalue weighted by atomic mass is 32.1. The van der Waals surface area contributed by atoms with Crippen molar-refractivity contribution in [1.82, 2.24) is 16.0 Å². The summed E-state index contributed by atoms with van der Waals surface area (Å²) < 4.78 is 0. The average Bonchev–Trinajstić information content (AvgIpc) is 3.11. The Labute approximate surface area is 123 Å². The molecule has 2 unspecified atom stereocenters. The van der Waals surface area contributed by atoms with Crippen molar-refractivity contribution in [3.8, 4) is 0 Å². The van der Waals surface area contributed by atoms with Gasteiger partial charge in [-0.15, -0.1) is 11.3 Å². The van der Waals surface area contributed by atoms with E-state index < -0.39 is 6.04 Å². The lowest BCUT2D eigenvalue weighted by molar-refractivity contribution is -0.122. The molecule has 1 aromatic heterocycles. The van der Waals surface area contributed by atoms with Crippen LogP contribution in [0.5, 0.6) is 0 Å². The maximum Gasteiger partial charge on any atom is 0.261 e. The Morgan fingerprint density at radius 1 is 1.55 bits per heavy atom. The monoisotopic (exact) mass is 295 g/mol. The summed E-state index contributed by atoms with van der Waals surface area (Å²) in [5.41, 5.74) is 0. The first-order valence-electron chi connectivity index (χ1n) is 6.99. The molecule has 2 amide bonds. The van der Waals surface area contributed by atoms with E-state index in [2.05, 4.69) is 16.0 Å². The van der Waals surface area contributed by atoms with Gasteiger partial charge in [0, 0.05) is 6.54 Å². The highest BCUT2D eigenvalue weighted by molar-refractivity contribution is 7.12. The van der Waals surface area contributed by atoms with Gasteiger partial charge in [0.15, 0.2) is 0 Å². The first-order valence-corrected chi connectivity index (χ1v) is 7.87. The van der Waals surface area contributed by atoms with Gasteiger partial charge in [-0.2, -0.15) is 0 Å². The van der Waals surface area contributed by atoms with E-state index in [9.17, 15) is 9.59 Å².